The van der Waals surface area contributed by atoms with Crippen LogP contribution in [-0.4, -0.2) is 16.6 Å². The third kappa shape index (κ3) is 1.61. The number of Topliss-reactive ketones (excluding diaryl/α,β-unsaturated/α-hetero) is 1. The number of halogens is 1. The highest BCUT2D eigenvalue weighted by Gasteiger charge is 2.04. The molecule has 0 amide bonds. The van der Waals surface area contributed by atoms with Gasteiger partial charge in [0.2, 0.25) is 0 Å². The normalized spacial score (nSPS) is 10.4. The minimum atomic E-state index is -0.0506. The number of fused-ring (bicyclic) bond motifs is 1. The van der Waals surface area contributed by atoms with Crippen molar-refractivity contribution in [3.63, 3.8) is 0 Å². The SMILES string of the molecule is O=C(CCl)c1ccc2cnccc2c1. The van der Waals surface area contributed by atoms with E-state index in [0.29, 0.717) is 5.56 Å². The first-order valence-electron chi connectivity index (χ1n) is 4.24. The van der Waals surface area contributed by atoms with E-state index >= 15 is 0 Å². The van der Waals surface area contributed by atoms with Gasteiger partial charge in [-0.2, -0.15) is 0 Å². The molecule has 0 atom stereocenters. The minimum Gasteiger partial charge on any atom is -0.293 e. The van der Waals surface area contributed by atoms with Crippen molar-refractivity contribution in [1.29, 1.82) is 0 Å². The number of hydrogen-bond donors (Lipinski definition) is 0. The maximum Gasteiger partial charge on any atom is 0.177 e. The van der Waals surface area contributed by atoms with Crippen LogP contribution in [-0.2, 0) is 0 Å². The standard InChI is InChI=1S/C11H8ClNO/c12-6-11(14)9-1-2-10-7-13-4-3-8(10)5-9/h1-5,7H,6H2. The molecule has 2 nitrogen and oxygen atoms in total. The van der Waals surface area contributed by atoms with Crippen LogP contribution in [0.3, 0.4) is 0 Å². The number of carbonyl (C=O) groups excluding carboxylic acids is 1. The summed E-state index contributed by atoms with van der Waals surface area (Å²) in [5.74, 6) is -0.0262. The van der Waals surface area contributed by atoms with Crippen molar-refractivity contribution in [2.45, 2.75) is 0 Å². The molecule has 1 aromatic carbocycles. The Morgan fingerprint density at radius 1 is 1.29 bits per heavy atom. The smallest absolute Gasteiger partial charge is 0.177 e. The summed E-state index contributed by atoms with van der Waals surface area (Å²) in [4.78, 5) is 15.3. The number of alkyl halides is 1. The molecule has 0 saturated carbocycles. The zero-order valence-corrected chi connectivity index (χ0v) is 8.16. The lowest BCUT2D eigenvalue weighted by Gasteiger charge is -1.99. The summed E-state index contributed by atoms with van der Waals surface area (Å²) >= 11 is 5.48. The van der Waals surface area contributed by atoms with Crippen molar-refractivity contribution in [2.24, 2.45) is 0 Å². The molecule has 0 radical (unpaired) electrons. The average molecular weight is 206 g/mol. The van der Waals surface area contributed by atoms with E-state index in [1.54, 1.807) is 18.5 Å². The molecule has 1 heterocycles. The summed E-state index contributed by atoms with van der Waals surface area (Å²) in [5.41, 5.74) is 0.652. The van der Waals surface area contributed by atoms with Crippen LogP contribution in [0.5, 0.6) is 0 Å². The molecular weight excluding hydrogens is 198 g/mol. The van der Waals surface area contributed by atoms with E-state index in [1.165, 1.54) is 0 Å². The number of carbonyl (C=O) groups is 1. The van der Waals surface area contributed by atoms with Crippen LogP contribution < -0.4 is 0 Å². The van der Waals surface area contributed by atoms with E-state index in [4.69, 9.17) is 11.6 Å². The van der Waals surface area contributed by atoms with Gasteiger partial charge < -0.3 is 0 Å². The Labute approximate surface area is 86.5 Å². The van der Waals surface area contributed by atoms with E-state index in [0.717, 1.165) is 10.8 Å². The van der Waals surface area contributed by atoms with Gasteiger partial charge in [-0.15, -0.1) is 11.6 Å². The Bertz CT molecular complexity index is 481. The van der Waals surface area contributed by atoms with Gasteiger partial charge in [-0.05, 0) is 17.5 Å². The van der Waals surface area contributed by atoms with Gasteiger partial charge in [0.1, 0.15) is 0 Å². The fourth-order valence-electron chi connectivity index (χ4n) is 1.33. The molecule has 0 bridgehead atoms. The lowest BCUT2D eigenvalue weighted by atomic mass is 10.1. The molecule has 0 aliphatic heterocycles. The van der Waals surface area contributed by atoms with Gasteiger partial charge in [0.05, 0.1) is 5.88 Å². The summed E-state index contributed by atoms with van der Waals surface area (Å²) < 4.78 is 0. The fraction of sp³-hybridized carbons (Fsp3) is 0.0909. The number of nitrogens with zero attached hydrogens (tertiary/aromatic N) is 1. The molecule has 3 heteroatoms. The van der Waals surface area contributed by atoms with Gasteiger partial charge in [-0.1, -0.05) is 12.1 Å². The molecule has 2 aromatic rings. The van der Waals surface area contributed by atoms with Gasteiger partial charge in [-0.3, -0.25) is 9.78 Å². The highest BCUT2D eigenvalue weighted by Crippen LogP contribution is 2.14. The van der Waals surface area contributed by atoms with Gasteiger partial charge in [0.25, 0.3) is 0 Å². The van der Waals surface area contributed by atoms with E-state index in [-0.39, 0.29) is 11.7 Å². The third-order valence-electron chi connectivity index (χ3n) is 2.08. The molecule has 0 saturated heterocycles. The Morgan fingerprint density at radius 3 is 2.93 bits per heavy atom. The number of ketones is 1. The second-order valence-corrected chi connectivity index (χ2v) is 3.26. The van der Waals surface area contributed by atoms with Crippen molar-refractivity contribution in [3.8, 4) is 0 Å². The molecule has 2 rings (SSSR count). The van der Waals surface area contributed by atoms with E-state index in [9.17, 15) is 4.79 Å². The highest BCUT2D eigenvalue weighted by atomic mass is 35.5. The van der Waals surface area contributed by atoms with Crippen LogP contribution in [0.4, 0.5) is 0 Å². The topological polar surface area (TPSA) is 30.0 Å². The predicted molar refractivity (Wildman–Crippen MR) is 56.8 cm³/mol. The van der Waals surface area contributed by atoms with E-state index < -0.39 is 0 Å². The largest absolute Gasteiger partial charge is 0.293 e. The number of benzene rings is 1. The summed E-state index contributed by atoms with van der Waals surface area (Å²) in [6.07, 6.45) is 3.47. The summed E-state index contributed by atoms with van der Waals surface area (Å²) in [7, 11) is 0. The van der Waals surface area contributed by atoms with Crippen LogP contribution in [0.15, 0.2) is 36.7 Å². The number of hydrogen-bond acceptors (Lipinski definition) is 2. The van der Waals surface area contributed by atoms with Crippen molar-refractivity contribution in [1.82, 2.24) is 4.98 Å². The van der Waals surface area contributed by atoms with Crippen LogP contribution in [0, 0.1) is 0 Å². The first kappa shape index (κ1) is 9.16. The molecule has 0 aliphatic carbocycles. The Balaban J connectivity index is 2.56. The van der Waals surface area contributed by atoms with Gasteiger partial charge in [0.15, 0.2) is 5.78 Å². The molecule has 0 aliphatic rings. The van der Waals surface area contributed by atoms with Crippen LogP contribution in [0.25, 0.3) is 10.8 Å². The van der Waals surface area contributed by atoms with E-state index in [2.05, 4.69) is 4.98 Å². The quantitative estimate of drug-likeness (QED) is 0.557. The zero-order valence-electron chi connectivity index (χ0n) is 7.40. The van der Waals surface area contributed by atoms with Gasteiger partial charge >= 0.3 is 0 Å². The molecular formula is C11H8ClNO. The number of rotatable bonds is 2. The Hall–Kier alpha value is -1.41. The molecule has 1 aromatic heterocycles. The minimum absolute atomic E-state index is 0.0244. The summed E-state index contributed by atoms with van der Waals surface area (Å²) in [5, 5.41) is 2.04. The van der Waals surface area contributed by atoms with Gasteiger partial charge in [0, 0.05) is 23.3 Å². The van der Waals surface area contributed by atoms with Crippen molar-refractivity contribution >= 4 is 28.2 Å². The van der Waals surface area contributed by atoms with Crippen LogP contribution >= 0.6 is 11.6 Å². The van der Waals surface area contributed by atoms with E-state index in [1.807, 2.05) is 18.2 Å². The van der Waals surface area contributed by atoms with Crippen molar-refractivity contribution < 1.29 is 4.79 Å². The Morgan fingerprint density at radius 2 is 2.14 bits per heavy atom. The number of aromatic nitrogens is 1. The van der Waals surface area contributed by atoms with Crippen molar-refractivity contribution in [2.75, 3.05) is 5.88 Å². The van der Waals surface area contributed by atoms with Crippen molar-refractivity contribution in [3.05, 3.63) is 42.2 Å². The second kappa shape index (κ2) is 3.76. The maximum absolute atomic E-state index is 11.3. The molecule has 0 unspecified atom stereocenters. The molecule has 70 valence electrons. The summed E-state index contributed by atoms with van der Waals surface area (Å²) in [6, 6.07) is 7.36. The van der Waals surface area contributed by atoms with Crippen LogP contribution in [0.2, 0.25) is 0 Å². The summed E-state index contributed by atoms with van der Waals surface area (Å²) in [6.45, 7) is 0. The Kier molecular flexibility index (Phi) is 2.46. The predicted octanol–water partition coefficient (Wildman–Crippen LogP) is 2.66. The zero-order chi connectivity index (χ0) is 9.97. The second-order valence-electron chi connectivity index (χ2n) is 2.99. The lowest BCUT2D eigenvalue weighted by Crippen LogP contribution is -1.99. The fourth-order valence-corrected chi connectivity index (χ4v) is 1.49. The maximum atomic E-state index is 11.3. The molecule has 0 N–H and O–H groups in total. The number of pyridine rings is 1. The van der Waals surface area contributed by atoms with Crippen LogP contribution in [0.1, 0.15) is 10.4 Å². The lowest BCUT2D eigenvalue weighted by molar-refractivity contribution is 0.102. The molecule has 0 fully saturated rings. The monoisotopic (exact) mass is 205 g/mol. The molecule has 0 spiro atoms. The highest BCUT2D eigenvalue weighted by molar-refractivity contribution is 6.30. The average Bonchev–Trinajstić information content (AvgIpc) is 2.27. The molecule has 14 heavy (non-hydrogen) atoms. The first-order valence-corrected chi connectivity index (χ1v) is 4.77. The third-order valence-corrected chi connectivity index (χ3v) is 2.33. The van der Waals surface area contributed by atoms with Gasteiger partial charge in [-0.25, -0.2) is 0 Å². The first-order chi connectivity index (χ1) is 6.81.